The number of likely N-dealkylation sites (tertiary alicyclic amines) is 1. The highest BCUT2D eigenvalue weighted by molar-refractivity contribution is 7.80. The van der Waals surface area contributed by atoms with Gasteiger partial charge in [0.2, 0.25) is 53.2 Å². The van der Waals surface area contributed by atoms with Gasteiger partial charge in [-0.3, -0.25) is 47.9 Å². The third-order valence-corrected chi connectivity index (χ3v) is 13.8. The van der Waals surface area contributed by atoms with E-state index < -0.39 is 208 Å². The summed E-state index contributed by atoms with van der Waals surface area (Å²) in [6.07, 6.45) is -17.3. The Hall–Kier alpha value is -5.96. The molecule has 0 aromatic heterocycles. The van der Waals surface area contributed by atoms with Gasteiger partial charge in [-0.2, -0.15) is 0 Å². The van der Waals surface area contributed by atoms with Crippen LogP contribution in [-0.2, 0) is 66.9 Å². The predicted octanol–water partition coefficient (Wildman–Crippen LogP) is -8.66. The Morgan fingerprint density at radius 1 is 0.631 bits per heavy atom. The van der Waals surface area contributed by atoms with Crippen LogP contribution < -0.4 is 53.6 Å². The molecule has 0 aliphatic carbocycles. The van der Waals surface area contributed by atoms with Crippen LogP contribution in [-0.4, -0.2) is 264 Å². The van der Waals surface area contributed by atoms with Gasteiger partial charge in [0.1, 0.15) is 85.0 Å². The Morgan fingerprint density at radius 2 is 1.11 bits per heavy atom. The van der Waals surface area contributed by atoms with Crippen LogP contribution in [0.3, 0.4) is 0 Å². The molecule has 9 amide bonds. The van der Waals surface area contributed by atoms with Gasteiger partial charge in [0.15, 0.2) is 12.6 Å². The van der Waals surface area contributed by atoms with Crippen molar-refractivity contribution < 1.29 is 108 Å². The number of carbonyl (C=O) groups is 10. The van der Waals surface area contributed by atoms with E-state index in [0.29, 0.717) is 6.42 Å². The normalized spacial score (nSPS) is 26.5. The molecule has 33 nitrogen and oxygen atoms in total. The van der Waals surface area contributed by atoms with Crippen molar-refractivity contribution >= 4 is 93.5 Å². The standard InChI is InChI=1S/C49H81N11O22S2/c1-19(2)13-26(56-42(73)25(53-22(5)64)10-11-33(67)68)43(74)57-27(16-61)44(75)58-35(21(4)80-49-37(55-24(7)84)41(72)39(70)30(18-63)82-49)47(78)59-34(20(3)79-48-36(54-23(6)83)40(71)38(69)29(17-62)81-48)46(77)52-15-32(66)60-12-8-9-28(60)45(76)51-14-31(50)65/h19-21,25-30,34-41,48-49,61-63,69-72H,8-18H2,1-7H3,(H2,50,65)(H,51,76)(H,52,77)(H,53,64)(H,54,83)(H,55,84)(H,56,73)(H,57,74)(H,58,75)(H,59,78)(H,67,68)/t20-,21-,25+,26+,27+,28+,29-,30-,34+,35+,36-,37-,38+,39+,40-,41-,48+,49+/m1/s1. The number of rotatable bonds is 31. The highest BCUT2D eigenvalue weighted by atomic mass is 32.1. The molecule has 0 spiro atoms. The van der Waals surface area contributed by atoms with Crippen LogP contribution in [0.5, 0.6) is 0 Å². The number of nitrogens with zero attached hydrogens (tertiary/aromatic N) is 1. The van der Waals surface area contributed by atoms with Crippen molar-refractivity contribution in [2.75, 3.05) is 39.5 Å². The van der Waals surface area contributed by atoms with Crippen molar-refractivity contribution in [2.45, 2.75) is 190 Å². The Kier molecular flexibility index (Phi) is 29.5. The van der Waals surface area contributed by atoms with Crippen LogP contribution in [0, 0.1) is 5.92 Å². The summed E-state index contributed by atoms with van der Waals surface area (Å²) >= 11 is 10.4. The molecule has 0 radical (unpaired) electrons. The molecular weight excluding hydrogens is 1160 g/mol. The third-order valence-electron chi connectivity index (χ3n) is 13.5. The van der Waals surface area contributed by atoms with Gasteiger partial charge in [-0.05, 0) is 59.3 Å². The first-order valence-corrected chi connectivity index (χ1v) is 27.7. The maximum atomic E-state index is 15.0. The summed E-state index contributed by atoms with van der Waals surface area (Å²) in [6.45, 7) is 5.40. The molecule has 0 aromatic carbocycles. The van der Waals surface area contributed by atoms with E-state index >= 15 is 4.79 Å². The second-order valence-corrected chi connectivity index (χ2v) is 22.0. The number of primary amides is 1. The highest BCUT2D eigenvalue weighted by Crippen LogP contribution is 2.26. The summed E-state index contributed by atoms with van der Waals surface area (Å²) in [7, 11) is 0. The van der Waals surface area contributed by atoms with Gasteiger partial charge < -0.3 is 118 Å². The molecule has 3 aliphatic rings. The Balaban J connectivity index is 2.14. The fourth-order valence-electron chi connectivity index (χ4n) is 9.27. The van der Waals surface area contributed by atoms with Crippen molar-refractivity contribution in [1.82, 2.24) is 52.8 Å². The van der Waals surface area contributed by atoms with Crippen LogP contribution in [0.15, 0.2) is 0 Å². The van der Waals surface area contributed by atoms with Crippen LogP contribution in [0.25, 0.3) is 0 Å². The van der Waals surface area contributed by atoms with E-state index in [9.17, 15) is 84.0 Å². The van der Waals surface area contributed by atoms with Gasteiger partial charge >= 0.3 is 5.97 Å². The summed E-state index contributed by atoms with van der Waals surface area (Å²) in [5.74, 6) is -10.6. The first kappa shape index (κ1) is 72.3. The van der Waals surface area contributed by atoms with Crippen LogP contribution in [0.2, 0.25) is 0 Å². The quantitative estimate of drug-likeness (QED) is 0.0287. The van der Waals surface area contributed by atoms with E-state index in [0.717, 1.165) is 11.8 Å². The van der Waals surface area contributed by atoms with E-state index in [-0.39, 0.29) is 41.7 Å². The van der Waals surface area contributed by atoms with Gasteiger partial charge in [0, 0.05) is 19.9 Å². The molecular formula is C49H81N11O22S2. The fourth-order valence-corrected chi connectivity index (χ4v) is 9.54. The molecule has 18 atom stereocenters. The second-order valence-electron chi connectivity index (χ2n) is 20.8. The number of carbonyl (C=O) groups excluding carboxylic acids is 9. The van der Waals surface area contributed by atoms with E-state index in [1.807, 2.05) is 0 Å². The lowest BCUT2D eigenvalue weighted by atomic mass is 9.96. The van der Waals surface area contributed by atoms with Crippen molar-refractivity contribution in [3.63, 3.8) is 0 Å². The number of carboxylic acid groups (broad SMARTS) is 1. The summed E-state index contributed by atoms with van der Waals surface area (Å²) in [6, 6.07) is -12.9. The minimum Gasteiger partial charge on any atom is -0.481 e. The second kappa shape index (κ2) is 34.3. The molecule has 0 unspecified atom stereocenters. The average Bonchev–Trinajstić information content (AvgIpc) is 2.61. The predicted molar refractivity (Wildman–Crippen MR) is 296 cm³/mol. The van der Waals surface area contributed by atoms with Crippen molar-refractivity contribution in [3.8, 4) is 0 Å². The van der Waals surface area contributed by atoms with E-state index in [2.05, 4.69) is 47.9 Å². The topological polar surface area (TPSA) is 507 Å². The Morgan fingerprint density at radius 3 is 1.56 bits per heavy atom. The number of aliphatic hydroxyl groups is 7. The number of aliphatic carboxylic acids is 1. The summed E-state index contributed by atoms with van der Waals surface area (Å²) < 4.78 is 23.8. The van der Waals surface area contributed by atoms with E-state index in [1.54, 1.807) is 13.8 Å². The molecule has 0 bridgehead atoms. The molecule has 0 aromatic rings. The largest absolute Gasteiger partial charge is 0.481 e. The molecule has 0 saturated carbocycles. The molecule has 19 N–H and O–H groups in total. The van der Waals surface area contributed by atoms with Crippen molar-refractivity contribution in [1.29, 1.82) is 0 Å². The van der Waals surface area contributed by atoms with Crippen molar-refractivity contribution in [3.05, 3.63) is 0 Å². The molecule has 3 aliphatic heterocycles. The summed E-state index contributed by atoms with van der Waals surface area (Å²) in [4.78, 5) is 134. The first-order valence-electron chi connectivity index (χ1n) is 26.9. The molecule has 3 rings (SSSR count). The minimum absolute atomic E-state index is 0.0425. The number of hydrogen-bond donors (Lipinski definition) is 18. The van der Waals surface area contributed by atoms with Crippen LogP contribution >= 0.6 is 24.4 Å². The van der Waals surface area contributed by atoms with Gasteiger partial charge in [-0.15, -0.1) is 0 Å². The van der Waals surface area contributed by atoms with Crippen LogP contribution in [0.1, 0.15) is 80.6 Å². The molecule has 3 fully saturated rings. The lowest BCUT2D eigenvalue weighted by Gasteiger charge is -2.44. The molecule has 3 saturated heterocycles. The number of amides is 9. The number of hydrogen-bond acceptors (Lipinski definition) is 23. The first-order chi connectivity index (χ1) is 39.3. The number of ether oxygens (including phenoxy) is 4. The fraction of sp³-hybridized carbons (Fsp3) is 0.755. The van der Waals surface area contributed by atoms with Gasteiger partial charge in [0.05, 0.1) is 55.1 Å². The molecule has 3 heterocycles. The molecule has 84 heavy (non-hydrogen) atoms. The zero-order valence-corrected chi connectivity index (χ0v) is 49.0. The number of nitrogens with one attached hydrogen (secondary N) is 9. The minimum atomic E-state index is -2.10. The van der Waals surface area contributed by atoms with Gasteiger partial charge in [0.25, 0.3) is 0 Å². The zero-order valence-electron chi connectivity index (χ0n) is 47.4. The highest BCUT2D eigenvalue weighted by Gasteiger charge is 2.49. The summed E-state index contributed by atoms with van der Waals surface area (Å²) in [5.41, 5.74) is 5.17. The maximum absolute atomic E-state index is 15.0. The summed E-state index contributed by atoms with van der Waals surface area (Å²) in [5, 5.41) is 106. The number of carboxylic acids is 1. The Bertz CT molecular complexity index is 2350. The smallest absolute Gasteiger partial charge is 0.303 e. The zero-order chi connectivity index (χ0) is 63.4. The molecule has 35 heteroatoms. The Labute approximate surface area is 493 Å². The monoisotopic (exact) mass is 1240 g/mol. The average molecular weight is 1240 g/mol. The number of aliphatic hydroxyl groups excluding tert-OH is 7. The number of nitrogens with two attached hydrogens (primary N) is 1. The maximum Gasteiger partial charge on any atom is 0.303 e. The lowest BCUT2D eigenvalue weighted by Crippen LogP contribution is -2.67. The van der Waals surface area contributed by atoms with E-state index in [4.69, 9.17) is 49.1 Å². The molecule has 476 valence electrons. The van der Waals surface area contributed by atoms with Gasteiger partial charge in [-0.25, -0.2) is 0 Å². The SMILES string of the molecule is CC(=O)N[C@@H](CCC(=O)O)C(=O)N[C@@H](CC(C)C)C(=O)N[C@@H](CO)C(=O)N[C@H](C(=O)N[C@H](C(=O)NCC(=O)N1CCC[C@H]1C(=O)NCC(N)=O)[C@@H](C)O[C@H]1O[C@H](CO)[C@H](O)[C@H](O)[C@H]1NC(C)=S)[C@@H](C)O[C@H]1O[C@H](CO)[C@H](O)[C@H](O)[C@H]1NC(C)=S. The van der Waals surface area contributed by atoms with E-state index in [1.165, 1.54) is 27.7 Å². The third kappa shape index (κ3) is 21.5. The van der Waals surface area contributed by atoms with Gasteiger partial charge in [-0.1, -0.05) is 38.3 Å². The lowest BCUT2D eigenvalue weighted by molar-refractivity contribution is -0.281. The van der Waals surface area contributed by atoms with Crippen LogP contribution in [0.4, 0.5) is 0 Å². The van der Waals surface area contributed by atoms with Crippen molar-refractivity contribution in [2.24, 2.45) is 11.7 Å². The number of thiocarbonyl (C=S) groups is 2.